The summed E-state index contributed by atoms with van der Waals surface area (Å²) in [6.45, 7) is 2.04. The molecule has 0 unspecified atom stereocenters. The molecule has 0 N–H and O–H groups in total. The predicted molar refractivity (Wildman–Crippen MR) is 97.6 cm³/mol. The van der Waals surface area contributed by atoms with Gasteiger partial charge < -0.3 is 4.90 Å². The van der Waals surface area contributed by atoms with E-state index in [4.69, 9.17) is 0 Å². The van der Waals surface area contributed by atoms with Gasteiger partial charge in [0.25, 0.3) is 0 Å². The number of ketones is 2. The fraction of sp³-hybridized carbons (Fsp3) is 0.400. The van der Waals surface area contributed by atoms with Crippen molar-refractivity contribution < 1.29 is 9.59 Å². The zero-order chi connectivity index (χ0) is 16.8. The van der Waals surface area contributed by atoms with Crippen LogP contribution in [0.3, 0.4) is 0 Å². The van der Waals surface area contributed by atoms with E-state index in [1.54, 1.807) is 0 Å². The molecule has 0 bridgehead atoms. The maximum atomic E-state index is 12.6. The smallest absolute Gasteiger partial charge is 0.161 e. The fourth-order valence-electron chi connectivity index (χ4n) is 4.35. The van der Waals surface area contributed by atoms with Crippen molar-refractivity contribution in [3.05, 3.63) is 51.3 Å². The first-order valence-corrected chi connectivity index (χ1v) is 9.45. The first kappa shape index (κ1) is 15.8. The standard InChI is InChI=1S/C20H20BrNO2/c1-12-19-15(4-2-6-17(19)23)22(14-10-8-13(21)9-11-14)16-5-3-7-18(24)20(12)16/h8-12H,2-7H2,1H3. The summed E-state index contributed by atoms with van der Waals surface area (Å²) in [6.07, 6.45) is 4.82. The minimum Gasteiger partial charge on any atom is -0.317 e. The summed E-state index contributed by atoms with van der Waals surface area (Å²) >= 11 is 3.49. The molecule has 0 radical (unpaired) electrons. The highest BCUT2D eigenvalue weighted by Gasteiger charge is 2.40. The maximum Gasteiger partial charge on any atom is 0.161 e. The Balaban J connectivity index is 1.93. The van der Waals surface area contributed by atoms with Crippen LogP contribution < -0.4 is 4.90 Å². The largest absolute Gasteiger partial charge is 0.317 e. The van der Waals surface area contributed by atoms with Crippen LogP contribution in [0.4, 0.5) is 5.69 Å². The lowest BCUT2D eigenvalue weighted by atomic mass is 9.74. The molecule has 1 aromatic carbocycles. The third-order valence-corrected chi connectivity index (χ3v) is 5.88. The SMILES string of the molecule is CC1C2=C(CCCC2=O)N(c2ccc(Br)cc2)C2=C1C(=O)CCC2. The van der Waals surface area contributed by atoms with E-state index >= 15 is 0 Å². The van der Waals surface area contributed by atoms with Crippen LogP contribution in [-0.2, 0) is 9.59 Å². The van der Waals surface area contributed by atoms with Gasteiger partial charge in [0.1, 0.15) is 0 Å². The fourth-order valence-corrected chi connectivity index (χ4v) is 4.61. The number of benzene rings is 1. The normalized spacial score (nSPS) is 22.0. The number of halogens is 1. The van der Waals surface area contributed by atoms with Crippen LogP contribution in [0.25, 0.3) is 0 Å². The quantitative estimate of drug-likeness (QED) is 0.688. The lowest BCUT2D eigenvalue weighted by molar-refractivity contribution is -0.117. The predicted octanol–water partition coefficient (Wildman–Crippen LogP) is 4.92. The lowest BCUT2D eigenvalue weighted by Gasteiger charge is -2.43. The second kappa shape index (κ2) is 5.99. The number of anilines is 1. The van der Waals surface area contributed by atoms with Crippen LogP contribution >= 0.6 is 15.9 Å². The topological polar surface area (TPSA) is 37.4 Å². The summed E-state index contributed by atoms with van der Waals surface area (Å²) in [5, 5.41) is 0. The average Bonchev–Trinajstić information content (AvgIpc) is 2.56. The van der Waals surface area contributed by atoms with Crippen LogP contribution in [0, 0.1) is 5.92 Å². The van der Waals surface area contributed by atoms with Gasteiger partial charge in [0.2, 0.25) is 0 Å². The Morgan fingerprint density at radius 1 is 0.875 bits per heavy atom. The van der Waals surface area contributed by atoms with Gasteiger partial charge in [-0.05, 0) is 49.9 Å². The van der Waals surface area contributed by atoms with Crippen LogP contribution in [0.2, 0.25) is 0 Å². The van der Waals surface area contributed by atoms with Crippen molar-refractivity contribution in [2.45, 2.75) is 45.4 Å². The lowest BCUT2D eigenvalue weighted by Crippen LogP contribution is -2.39. The van der Waals surface area contributed by atoms with Crippen molar-refractivity contribution in [1.82, 2.24) is 0 Å². The van der Waals surface area contributed by atoms with Gasteiger partial charge in [0, 0.05) is 51.5 Å². The monoisotopic (exact) mass is 385 g/mol. The van der Waals surface area contributed by atoms with Crippen LogP contribution in [0.1, 0.15) is 45.4 Å². The summed E-state index contributed by atoms with van der Waals surface area (Å²) in [5.41, 5.74) is 5.04. The molecule has 0 fully saturated rings. The molecule has 0 atom stereocenters. The Morgan fingerprint density at radius 3 is 1.88 bits per heavy atom. The average molecular weight is 386 g/mol. The van der Waals surface area contributed by atoms with E-state index in [-0.39, 0.29) is 17.5 Å². The molecule has 4 heteroatoms. The van der Waals surface area contributed by atoms with E-state index in [1.807, 2.05) is 19.1 Å². The molecule has 1 aliphatic heterocycles. The minimum atomic E-state index is -0.0534. The van der Waals surface area contributed by atoms with E-state index in [0.29, 0.717) is 12.8 Å². The van der Waals surface area contributed by atoms with Crippen molar-refractivity contribution in [2.24, 2.45) is 5.92 Å². The van der Waals surface area contributed by atoms with E-state index in [2.05, 4.69) is 33.0 Å². The van der Waals surface area contributed by atoms with Gasteiger partial charge in [-0.25, -0.2) is 0 Å². The van der Waals surface area contributed by atoms with Gasteiger partial charge in [0.05, 0.1) is 0 Å². The number of rotatable bonds is 1. The molecule has 3 nitrogen and oxygen atoms in total. The minimum absolute atomic E-state index is 0.0534. The molecule has 1 aromatic rings. The Bertz CT molecular complexity index is 744. The van der Waals surface area contributed by atoms with Gasteiger partial charge in [-0.2, -0.15) is 0 Å². The van der Waals surface area contributed by atoms with Crippen molar-refractivity contribution in [3.63, 3.8) is 0 Å². The number of carbonyl (C=O) groups is 2. The number of nitrogens with zero attached hydrogens (tertiary/aromatic N) is 1. The summed E-state index contributed by atoms with van der Waals surface area (Å²) in [4.78, 5) is 27.5. The number of allylic oxidation sites excluding steroid dienone is 4. The highest BCUT2D eigenvalue weighted by Crippen LogP contribution is 2.46. The Hall–Kier alpha value is -1.68. The number of hydrogen-bond donors (Lipinski definition) is 0. The molecule has 1 heterocycles. The first-order chi connectivity index (χ1) is 11.6. The second-order valence-electron chi connectivity index (χ2n) is 6.81. The van der Waals surface area contributed by atoms with Crippen molar-refractivity contribution >= 4 is 33.2 Å². The molecule has 0 saturated heterocycles. The molecule has 4 rings (SSSR count). The summed E-state index contributed by atoms with van der Waals surface area (Å²) in [7, 11) is 0. The molecular weight excluding hydrogens is 366 g/mol. The van der Waals surface area contributed by atoms with E-state index in [9.17, 15) is 9.59 Å². The summed E-state index contributed by atoms with van der Waals surface area (Å²) < 4.78 is 1.03. The van der Waals surface area contributed by atoms with Crippen LogP contribution in [-0.4, -0.2) is 11.6 Å². The molecule has 124 valence electrons. The first-order valence-electron chi connectivity index (χ1n) is 8.66. The molecule has 3 aliphatic rings. The van der Waals surface area contributed by atoms with Gasteiger partial charge in [0.15, 0.2) is 11.6 Å². The van der Waals surface area contributed by atoms with Gasteiger partial charge in [-0.3, -0.25) is 9.59 Å². The molecule has 0 spiro atoms. The summed E-state index contributed by atoms with van der Waals surface area (Å²) in [5.74, 6) is 0.383. The molecular formula is C20H20BrNO2. The van der Waals surface area contributed by atoms with Gasteiger partial charge in [-0.1, -0.05) is 22.9 Å². The third kappa shape index (κ3) is 2.39. The van der Waals surface area contributed by atoms with Crippen molar-refractivity contribution in [3.8, 4) is 0 Å². The molecule has 24 heavy (non-hydrogen) atoms. The van der Waals surface area contributed by atoms with Gasteiger partial charge >= 0.3 is 0 Å². The Labute approximate surface area is 150 Å². The molecule has 0 aromatic heterocycles. The zero-order valence-electron chi connectivity index (χ0n) is 13.8. The number of Topliss-reactive ketones (excluding diaryl/α,β-unsaturated/α-hetero) is 2. The zero-order valence-corrected chi connectivity index (χ0v) is 15.4. The van der Waals surface area contributed by atoms with E-state index < -0.39 is 0 Å². The van der Waals surface area contributed by atoms with E-state index in [1.165, 1.54) is 0 Å². The summed E-state index contributed by atoms with van der Waals surface area (Å²) in [6, 6.07) is 8.16. The van der Waals surface area contributed by atoms with E-state index in [0.717, 1.165) is 58.4 Å². The second-order valence-corrected chi connectivity index (χ2v) is 7.72. The Morgan fingerprint density at radius 2 is 1.38 bits per heavy atom. The van der Waals surface area contributed by atoms with Crippen LogP contribution in [0.5, 0.6) is 0 Å². The molecule has 2 aliphatic carbocycles. The highest BCUT2D eigenvalue weighted by molar-refractivity contribution is 9.10. The Kier molecular flexibility index (Phi) is 3.95. The maximum absolute atomic E-state index is 12.6. The number of hydrogen-bond acceptors (Lipinski definition) is 3. The molecule has 0 amide bonds. The van der Waals surface area contributed by atoms with Crippen LogP contribution in [0.15, 0.2) is 51.3 Å². The molecule has 0 saturated carbocycles. The van der Waals surface area contributed by atoms with Crippen molar-refractivity contribution in [2.75, 3.05) is 4.90 Å². The highest BCUT2D eigenvalue weighted by atomic mass is 79.9. The van der Waals surface area contributed by atoms with Gasteiger partial charge in [-0.15, -0.1) is 0 Å². The van der Waals surface area contributed by atoms with Crippen molar-refractivity contribution in [1.29, 1.82) is 0 Å². The number of carbonyl (C=O) groups excluding carboxylic acids is 2. The third-order valence-electron chi connectivity index (χ3n) is 5.35.